The standard InChI is InChI=1S/C18H15ClN4S/c1-2-10-23-17(15-5-7-16(19)8-6-15)13-24-18(23)22-21-12-14-4-3-9-20-11-14/h2-9,11-13H,1,10H2/b21-12+,22-18+. The van der Waals surface area contributed by atoms with Gasteiger partial charge in [0, 0.05) is 34.9 Å². The molecule has 0 unspecified atom stereocenters. The van der Waals surface area contributed by atoms with Gasteiger partial charge >= 0.3 is 0 Å². The fourth-order valence-corrected chi connectivity index (χ4v) is 3.16. The summed E-state index contributed by atoms with van der Waals surface area (Å²) < 4.78 is 2.07. The van der Waals surface area contributed by atoms with Gasteiger partial charge in [0.2, 0.25) is 4.80 Å². The van der Waals surface area contributed by atoms with E-state index in [4.69, 9.17) is 11.6 Å². The molecule has 0 fully saturated rings. The van der Waals surface area contributed by atoms with Crippen LogP contribution in [0.5, 0.6) is 0 Å². The Morgan fingerprint density at radius 1 is 1.25 bits per heavy atom. The van der Waals surface area contributed by atoms with E-state index in [0.717, 1.165) is 26.6 Å². The van der Waals surface area contributed by atoms with Crippen LogP contribution in [0.3, 0.4) is 0 Å². The Hall–Kier alpha value is -2.50. The third-order valence-electron chi connectivity index (χ3n) is 3.28. The highest BCUT2D eigenvalue weighted by atomic mass is 35.5. The molecule has 0 radical (unpaired) electrons. The smallest absolute Gasteiger partial charge is 0.211 e. The molecule has 6 heteroatoms. The lowest BCUT2D eigenvalue weighted by atomic mass is 10.2. The van der Waals surface area contributed by atoms with Crippen LogP contribution in [0.4, 0.5) is 0 Å². The molecule has 3 aromatic rings. The predicted molar refractivity (Wildman–Crippen MR) is 100 cm³/mol. The maximum absolute atomic E-state index is 5.97. The first-order chi connectivity index (χ1) is 11.8. The van der Waals surface area contributed by atoms with Crippen LogP contribution in [-0.4, -0.2) is 15.8 Å². The number of aromatic nitrogens is 2. The van der Waals surface area contributed by atoms with E-state index in [1.807, 2.05) is 42.5 Å². The molecular formula is C18H15ClN4S. The lowest BCUT2D eigenvalue weighted by molar-refractivity contribution is 0.789. The Morgan fingerprint density at radius 2 is 2.08 bits per heavy atom. The summed E-state index contributed by atoms with van der Waals surface area (Å²) in [4.78, 5) is 4.85. The highest BCUT2D eigenvalue weighted by Gasteiger charge is 2.06. The second kappa shape index (κ2) is 7.86. The van der Waals surface area contributed by atoms with E-state index in [2.05, 4.69) is 31.7 Å². The molecule has 0 N–H and O–H groups in total. The number of hydrogen-bond acceptors (Lipinski definition) is 4. The number of hydrogen-bond donors (Lipinski definition) is 0. The van der Waals surface area contributed by atoms with Crippen molar-refractivity contribution in [3.05, 3.63) is 82.2 Å². The number of pyridine rings is 1. The highest BCUT2D eigenvalue weighted by molar-refractivity contribution is 7.07. The van der Waals surface area contributed by atoms with Crippen LogP contribution in [-0.2, 0) is 6.54 Å². The molecule has 120 valence electrons. The van der Waals surface area contributed by atoms with Gasteiger partial charge < -0.3 is 4.57 Å². The van der Waals surface area contributed by atoms with Crippen LogP contribution < -0.4 is 4.80 Å². The molecule has 3 rings (SSSR count). The van der Waals surface area contributed by atoms with E-state index in [0.29, 0.717) is 6.54 Å². The molecule has 4 nitrogen and oxygen atoms in total. The van der Waals surface area contributed by atoms with Gasteiger partial charge in [-0.3, -0.25) is 4.98 Å². The van der Waals surface area contributed by atoms with Gasteiger partial charge in [0.15, 0.2) is 0 Å². The SMILES string of the molecule is C=CCn1c(-c2ccc(Cl)cc2)cs/c1=N/N=C/c1cccnc1. The van der Waals surface area contributed by atoms with Gasteiger partial charge in [-0.1, -0.05) is 35.9 Å². The molecule has 24 heavy (non-hydrogen) atoms. The minimum atomic E-state index is 0.655. The van der Waals surface area contributed by atoms with Gasteiger partial charge in [0.1, 0.15) is 0 Å². The first-order valence-electron chi connectivity index (χ1n) is 7.30. The van der Waals surface area contributed by atoms with Crippen molar-refractivity contribution in [2.45, 2.75) is 6.54 Å². The van der Waals surface area contributed by atoms with Crippen LogP contribution in [0.2, 0.25) is 5.02 Å². The summed E-state index contributed by atoms with van der Waals surface area (Å²) in [7, 11) is 0. The largest absolute Gasteiger partial charge is 0.311 e. The highest BCUT2D eigenvalue weighted by Crippen LogP contribution is 2.22. The van der Waals surface area contributed by atoms with E-state index < -0.39 is 0 Å². The average molecular weight is 355 g/mol. The predicted octanol–water partition coefficient (Wildman–Crippen LogP) is 4.39. The van der Waals surface area contributed by atoms with Crippen molar-refractivity contribution in [1.82, 2.24) is 9.55 Å². The lowest BCUT2D eigenvalue weighted by Gasteiger charge is -2.06. The van der Waals surface area contributed by atoms with Crippen molar-refractivity contribution in [3.8, 4) is 11.3 Å². The van der Waals surface area contributed by atoms with Crippen molar-refractivity contribution in [3.63, 3.8) is 0 Å². The molecule has 0 atom stereocenters. The van der Waals surface area contributed by atoms with Crippen LogP contribution in [0, 0.1) is 0 Å². The molecule has 2 aromatic heterocycles. The Morgan fingerprint density at radius 3 is 2.79 bits per heavy atom. The summed E-state index contributed by atoms with van der Waals surface area (Å²) in [5.74, 6) is 0. The minimum Gasteiger partial charge on any atom is -0.311 e. The van der Waals surface area contributed by atoms with Gasteiger partial charge in [-0.2, -0.15) is 5.10 Å². The second-order valence-electron chi connectivity index (χ2n) is 4.94. The summed E-state index contributed by atoms with van der Waals surface area (Å²) in [6.45, 7) is 4.48. The molecule has 0 aliphatic carbocycles. The third kappa shape index (κ3) is 3.88. The Kier molecular flexibility index (Phi) is 5.36. The van der Waals surface area contributed by atoms with Crippen LogP contribution in [0.25, 0.3) is 11.3 Å². The molecule has 0 aliphatic rings. The average Bonchev–Trinajstić information content (AvgIpc) is 3.00. The molecule has 0 bridgehead atoms. The van der Waals surface area contributed by atoms with Gasteiger partial charge in [0.25, 0.3) is 0 Å². The van der Waals surface area contributed by atoms with Crippen molar-refractivity contribution in [2.75, 3.05) is 0 Å². The van der Waals surface area contributed by atoms with E-state index in [1.54, 1.807) is 18.6 Å². The summed E-state index contributed by atoms with van der Waals surface area (Å²) >= 11 is 7.51. The molecule has 0 saturated carbocycles. The number of halogens is 1. The van der Waals surface area contributed by atoms with E-state index >= 15 is 0 Å². The van der Waals surface area contributed by atoms with Crippen molar-refractivity contribution >= 4 is 29.2 Å². The monoisotopic (exact) mass is 354 g/mol. The van der Waals surface area contributed by atoms with Gasteiger partial charge in [0.05, 0.1) is 11.9 Å². The van der Waals surface area contributed by atoms with Crippen LogP contribution >= 0.6 is 22.9 Å². The summed E-state index contributed by atoms with van der Waals surface area (Å²) in [5.41, 5.74) is 3.05. The van der Waals surface area contributed by atoms with Crippen molar-refractivity contribution < 1.29 is 0 Å². The number of benzene rings is 1. The Labute approximate surface area is 149 Å². The third-order valence-corrected chi connectivity index (χ3v) is 4.39. The van der Waals surface area contributed by atoms with Crippen LogP contribution in [0.15, 0.2) is 77.0 Å². The summed E-state index contributed by atoms with van der Waals surface area (Å²) in [6.07, 6.45) is 7.00. The van der Waals surface area contributed by atoms with E-state index in [9.17, 15) is 0 Å². The van der Waals surface area contributed by atoms with Gasteiger partial charge in [-0.15, -0.1) is 23.0 Å². The molecule has 0 spiro atoms. The number of nitrogens with zero attached hydrogens (tertiary/aromatic N) is 4. The van der Waals surface area contributed by atoms with Crippen molar-refractivity contribution in [2.24, 2.45) is 10.2 Å². The maximum atomic E-state index is 5.97. The van der Waals surface area contributed by atoms with E-state index in [1.165, 1.54) is 11.3 Å². The lowest BCUT2D eigenvalue weighted by Crippen LogP contribution is -2.14. The number of allylic oxidation sites excluding steroid dienone is 1. The maximum Gasteiger partial charge on any atom is 0.211 e. The second-order valence-corrected chi connectivity index (χ2v) is 6.21. The Balaban J connectivity index is 1.96. The zero-order valence-corrected chi connectivity index (χ0v) is 14.4. The topological polar surface area (TPSA) is 42.5 Å². The number of thiazole rings is 1. The van der Waals surface area contributed by atoms with Gasteiger partial charge in [-0.25, -0.2) is 0 Å². The fraction of sp³-hybridized carbons (Fsp3) is 0.0556. The molecule has 0 saturated heterocycles. The van der Waals surface area contributed by atoms with Crippen molar-refractivity contribution in [1.29, 1.82) is 0 Å². The number of rotatable bonds is 5. The summed E-state index contributed by atoms with van der Waals surface area (Å²) in [6, 6.07) is 11.5. The molecule has 1 aromatic carbocycles. The minimum absolute atomic E-state index is 0.655. The Bertz CT molecular complexity index is 908. The summed E-state index contributed by atoms with van der Waals surface area (Å²) in [5, 5.41) is 11.3. The zero-order chi connectivity index (χ0) is 16.8. The molecule has 2 heterocycles. The zero-order valence-electron chi connectivity index (χ0n) is 12.8. The molecular weight excluding hydrogens is 340 g/mol. The van der Waals surface area contributed by atoms with Gasteiger partial charge in [-0.05, 0) is 23.8 Å². The quantitative estimate of drug-likeness (QED) is 0.380. The molecule has 0 aliphatic heterocycles. The first kappa shape index (κ1) is 16.4. The van der Waals surface area contributed by atoms with E-state index in [-0.39, 0.29) is 0 Å². The first-order valence-corrected chi connectivity index (χ1v) is 8.56. The fourth-order valence-electron chi connectivity index (χ4n) is 2.16. The normalized spacial score (nSPS) is 12.0. The molecule has 0 amide bonds. The van der Waals surface area contributed by atoms with Crippen LogP contribution in [0.1, 0.15) is 5.56 Å².